The molecule has 0 bridgehead atoms. The van der Waals surface area contributed by atoms with Crippen LogP contribution in [-0.4, -0.2) is 18.0 Å². The number of carbonyl (C=O) groups excluding carboxylic acids is 1. The fourth-order valence-corrected chi connectivity index (χ4v) is 1.17. The van der Waals surface area contributed by atoms with Crippen LogP contribution in [0.4, 0.5) is 0 Å². The van der Waals surface area contributed by atoms with Crippen molar-refractivity contribution in [3.63, 3.8) is 0 Å². The smallest absolute Gasteiger partial charge is 0.223 e. The van der Waals surface area contributed by atoms with Crippen molar-refractivity contribution in [1.29, 1.82) is 0 Å². The molecule has 3 nitrogen and oxygen atoms in total. The zero-order valence-electron chi connectivity index (χ0n) is 9.75. The van der Waals surface area contributed by atoms with Gasteiger partial charge in [-0.25, -0.2) is 0 Å². The van der Waals surface area contributed by atoms with Crippen LogP contribution < -0.4 is 11.1 Å². The maximum absolute atomic E-state index is 11.7. The molecule has 0 heterocycles. The van der Waals surface area contributed by atoms with Gasteiger partial charge >= 0.3 is 0 Å². The van der Waals surface area contributed by atoms with Gasteiger partial charge in [-0.2, -0.15) is 0 Å². The lowest BCUT2D eigenvalue weighted by Gasteiger charge is -2.21. The summed E-state index contributed by atoms with van der Waals surface area (Å²) in [6.45, 7) is 11.5. The van der Waals surface area contributed by atoms with Gasteiger partial charge in [0.15, 0.2) is 0 Å². The Labute approximate surface area is 92.4 Å². The molecule has 0 fully saturated rings. The summed E-state index contributed by atoms with van der Waals surface area (Å²) < 4.78 is 0. The highest BCUT2D eigenvalue weighted by Crippen LogP contribution is 2.10. The summed E-state index contributed by atoms with van der Waals surface area (Å²) in [6.07, 6.45) is 4.84. The number of rotatable bonds is 7. The molecule has 0 aromatic rings. The van der Waals surface area contributed by atoms with Crippen LogP contribution in [0.3, 0.4) is 0 Å². The van der Waals surface area contributed by atoms with Crippen molar-refractivity contribution in [2.24, 2.45) is 11.7 Å². The number of nitrogens with two attached hydrogens (primary N) is 1. The van der Waals surface area contributed by atoms with Gasteiger partial charge in [0.1, 0.15) is 0 Å². The molecule has 3 N–H and O–H groups in total. The molecule has 0 spiro atoms. The summed E-state index contributed by atoms with van der Waals surface area (Å²) in [6, 6.07) is 0. The normalized spacial score (nSPS) is 11.2. The van der Waals surface area contributed by atoms with E-state index in [2.05, 4.69) is 18.5 Å². The zero-order valence-corrected chi connectivity index (χ0v) is 9.75. The number of hydrogen-bond donors (Lipinski definition) is 2. The average molecular weight is 210 g/mol. The molecule has 0 aromatic carbocycles. The Morgan fingerprint density at radius 1 is 1.40 bits per heavy atom. The standard InChI is InChI=1S/C12H22N2O/c1-5-7-10(8-6-2)11(15)14-9-12(3,4)13/h5-6,10H,1-2,7-9,13H2,3-4H3,(H,14,15). The molecule has 0 aliphatic carbocycles. The van der Waals surface area contributed by atoms with Gasteiger partial charge < -0.3 is 11.1 Å². The Kier molecular flexibility index (Phi) is 5.94. The first-order chi connectivity index (χ1) is 6.90. The van der Waals surface area contributed by atoms with Crippen molar-refractivity contribution in [3.8, 4) is 0 Å². The van der Waals surface area contributed by atoms with Gasteiger partial charge in [-0.15, -0.1) is 13.2 Å². The largest absolute Gasteiger partial charge is 0.354 e. The van der Waals surface area contributed by atoms with Crippen molar-refractivity contribution in [1.82, 2.24) is 5.32 Å². The van der Waals surface area contributed by atoms with Crippen LogP contribution >= 0.6 is 0 Å². The second-order valence-corrected chi connectivity index (χ2v) is 4.45. The summed E-state index contributed by atoms with van der Waals surface area (Å²) in [5.41, 5.74) is 5.40. The Hall–Kier alpha value is -1.09. The summed E-state index contributed by atoms with van der Waals surface area (Å²) >= 11 is 0. The van der Waals surface area contributed by atoms with Crippen LogP contribution in [0.15, 0.2) is 25.3 Å². The molecule has 3 heteroatoms. The zero-order chi connectivity index (χ0) is 11.9. The average Bonchev–Trinajstić information content (AvgIpc) is 2.13. The molecular weight excluding hydrogens is 188 g/mol. The maximum Gasteiger partial charge on any atom is 0.223 e. The SMILES string of the molecule is C=CCC(CC=C)C(=O)NCC(C)(C)N. The van der Waals surface area contributed by atoms with E-state index in [1.807, 2.05) is 13.8 Å². The lowest BCUT2D eigenvalue weighted by molar-refractivity contribution is -0.125. The fraction of sp³-hybridized carbons (Fsp3) is 0.583. The van der Waals surface area contributed by atoms with Crippen LogP contribution in [-0.2, 0) is 4.79 Å². The number of nitrogens with one attached hydrogen (secondary N) is 1. The lowest BCUT2D eigenvalue weighted by Crippen LogP contribution is -2.46. The van der Waals surface area contributed by atoms with Gasteiger partial charge in [0, 0.05) is 18.0 Å². The first-order valence-corrected chi connectivity index (χ1v) is 5.19. The van der Waals surface area contributed by atoms with Crippen LogP contribution in [0.1, 0.15) is 26.7 Å². The third-order valence-corrected chi connectivity index (χ3v) is 1.99. The molecule has 0 aliphatic rings. The highest BCUT2D eigenvalue weighted by atomic mass is 16.1. The van der Waals surface area contributed by atoms with E-state index in [9.17, 15) is 4.79 Å². The van der Waals surface area contributed by atoms with E-state index in [1.165, 1.54) is 0 Å². The van der Waals surface area contributed by atoms with E-state index in [-0.39, 0.29) is 17.4 Å². The Morgan fingerprint density at radius 3 is 2.20 bits per heavy atom. The fourth-order valence-electron chi connectivity index (χ4n) is 1.17. The molecule has 0 saturated heterocycles. The molecular formula is C12H22N2O. The number of hydrogen-bond acceptors (Lipinski definition) is 2. The van der Waals surface area contributed by atoms with Crippen LogP contribution in [0, 0.1) is 5.92 Å². The van der Waals surface area contributed by atoms with Gasteiger partial charge in [-0.3, -0.25) is 4.79 Å². The minimum absolute atomic E-state index is 0.0216. The van der Waals surface area contributed by atoms with E-state index in [4.69, 9.17) is 5.73 Å². The van der Waals surface area contributed by atoms with Crippen LogP contribution in [0.5, 0.6) is 0 Å². The molecule has 0 aliphatic heterocycles. The van der Waals surface area contributed by atoms with Crippen LogP contribution in [0.25, 0.3) is 0 Å². The second-order valence-electron chi connectivity index (χ2n) is 4.45. The van der Waals surface area contributed by atoms with Gasteiger partial charge in [0.25, 0.3) is 0 Å². The van der Waals surface area contributed by atoms with Crippen molar-refractivity contribution >= 4 is 5.91 Å². The van der Waals surface area contributed by atoms with E-state index in [1.54, 1.807) is 12.2 Å². The highest BCUT2D eigenvalue weighted by molar-refractivity contribution is 5.79. The third-order valence-electron chi connectivity index (χ3n) is 1.99. The number of amides is 1. The Morgan fingerprint density at radius 2 is 1.87 bits per heavy atom. The lowest BCUT2D eigenvalue weighted by atomic mass is 9.99. The molecule has 0 radical (unpaired) electrons. The first kappa shape index (κ1) is 13.9. The van der Waals surface area contributed by atoms with E-state index in [0.717, 1.165) is 0 Å². The molecule has 0 saturated carbocycles. The predicted octanol–water partition coefficient (Wildman–Crippen LogP) is 1.61. The van der Waals surface area contributed by atoms with Gasteiger partial charge in [-0.05, 0) is 26.7 Å². The summed E-state index contributed by atoms with van der Waals surface area (Å²) in [4.78, 5) is 11.7. The topological polar surface area (TPSA) is 55.1 Å². The van der Waals surface area contributed by atoms with Gasteiger partial charge in [-0.1, -0.05) is 12.2 Å². The van der Waals surface area contributed by atoms with Crippen molar-refractivity contribution < 1.29 is 4.79 Å². The van der Waals surface area contributed by atoms with Crippen molar-refractivity contribution in [3.05, 3.63) is 25.3 Å². The Bertz CT molecular complexity index is 218. The van der Waals surface area contributed by atoms with Gasteiger partial charge in [0.05, 0.1) is 0 Å². The van der Waals surface area contributed by atoms with E-state index >= 15 is 0 Å². The summed E-state index contributed by atoms with van der Waals surface area (Å²) in [5, 5.41) is 2.83. The monoisotopic (exact) mass is 210 g/mol. The van der Waals surface area contributed by atoms with E-state index < -0.39 is 0 Å². The van der Waals surface area contributed by atoms with Crippen molar-refractivity contribution in [2.75, 3.05) is 6.54 Å². The summed E-state index contributed by atoms with van der Waals surface area (Å²) in [5.74, 6) is -0.0457. The molecule has 0 rings (SSSR count). The minimum atomic E-state index is -0.372. The predicted molar refractivity (Wildman–Crippen MR) is 64.4 cm³/mol. The van der Waals surface area contributed by atoms with E-state index in [0.29, 0.717) is 19.4 Å². The molecule has 15 heavy (non-hydrogen) atoms. The molecule has 86 valence electrons. The number of carbonyl (C=O) groups is 1. The third kappa shape index (κ3) is 6.91. The quantitative estimate of drug-likeness (QED) is 0.627. The van der Waals surface area contributed by atoms with Crippen molar-refractivity contribution in [2.45, 2.75) is 32.2 Å². The molecule has 0 atom stereocenters. The molecule has 1 amide bonds. The first-order valence-electron chi connectivity index (χ1n) is 5.19. The molecule has 0 aromatic heterocycles. The highest BCUT2D eigenvalue weighted by Gasteiger charge is 2.18. The minimum Gasteiger partial charge on any atom is -0.354 e. The van der Waals surface area contributed by atoms with Crippen LogP contribution in [0.2, 0.25) is 0 Å². The second kappa shape index (κ2) is 6.40. The number of allylic oxidation sites excluding steroid dienone is 2. The maximum atomic E-state index is 11.7. The van der Waals surface area contributed by atoms with Gasteiger partial charge in [0.2, 0.25) is 5.91 Å². The Balaban J connectivity index is 4.13. The summed E-state index contributed by atoms with van der Waals surface area (Å²) in [7, 11) is 0. The molecule has 0 unspecified atom stereocenters.